The number of carbonyl (C=O) groups is 1. The lowest BCUT2D eigenvalue weighted by Gasteiger charge is -2.07. The second-order valence-electron chi connectivity index (χ2n) is 4.50. The largest absolute Gasteiger partial charge is 0.462 e. The lowest BCUT2D eigenvalue weighted by atomic mass is 10.1. The van der Waals surface area contributed by atoms with Gasteiger partial charge in [0.25, 0.3) is 5.69 Å². The molecule has 1 heterocycles. The number of non-ortho nitro benzene ring substituents is 1. The van der Waals surface area contributed by atoms with E-state index in [-0.39, 0.29) is 30.3 Å². The first-order chi connectivity index (χ1) is 8.48. The summed E-state index contributed by atoms with van der Waals surface area (Å²) in [7, 11) is 0. The Balaban J connectivity index is 1.84. The molecule has 0 spiro atoms. The maximum atomic E-state index is 11.5. The van der Waals surface area contributed by atoms with Crippen molar-refractivity contribution in [3.63, 3.8) is 0 Å². The van der Waals surface area contributed by atoms with Crippen molar-refractivity contribution in [1.82, 2.24) is 0 Å². The zero-order valence-corrected chi connectivity index (χ0v) is 9.92. The molecule has 6 nitrogen and oxygen atoms in total. The third-order valence-electron chi connectivity index (χ3n) is 2.67. The smallest absolute Gasteiger partial charge is 0.310 e. The first kappa shape index (κ1) is 12.5. The summed E-state index contributed by atoms with van der Waals surface area (Å²) in [4.78, 5) is 21.5. The van der Waals surface area contributed by atoms with Gasteiger partial charge in [-0.3, -0.25) is 14.9 Å². The number of nitro benzene ring substituents is 1. The molecule has 6 heteroatoms. The minimum absolute atomic E-state index is 0.00556. The van der Waals surface area contributed by atoms with E-state index in [9.17, 15) is 14.9 Å². The fourth-order valence-corrected chi connectivity index (χ4v) is 1.39. The van der Waals surface area contributed by atoms with Crippen LogP contribution in [0.4, 0.5) is 5.69 Å². The Morgan fingerprint density at radius 3 is 2.61 bits per heavy atom. The lowest BCUT2D eigenvalue weighted by molar-refractivity contribution is -0.384. The van der Waals surface area contributed by atoms with E-state index in [1.807, 2.05) is 6.92 Å². The van der Waals surface area contributed by atoms with E-state index in [1.54, 1.807) is 12.1 Å². The van der Waals surface area contributed by atoms with Crippen LogP contribution >= 0.6 is 0 Å². The molecule has 0 unspecified atom stereocenters. The zero-order valence-electron chi connectivity index (χ0n) is 9.92. The minimum atomic E-state index is -0.479. The molecule has 0 N–H and O–H groups in total. The Kier molecular flexibility index (Phi) is 3.29. The van der Waals surface area contributed by atoms with Crippen LogP contribution in [0.2, 0.25) is 0 Å². The molecule has 1 atom stereocenters. The van der Waals surface area contributed by atoms with Gasteiger partial charge in [0.1, 0.15) is 12.2 Å². The zero-order chi connectivity index (χ0) is 13.2. The molecule has 1 aliphatic heterocycles. The lowest BCUT2D eigenvalue weighted by Crippen LogP contribution is -2.19. The molecule has 1 saturated heterocycles. The Bertz CT molecular complexity index is 464. The predicted molar refractivity (Wildman–Crippen MR) is 62.1 cm³/mol. The molecule has 0 bridgehead atoms. The van der Waals surface area contributed by atoms with Gasteiger partial charge in [0.05, 0.1) is 18.0 Å². The summed E-state index contributed by atoms with van der Waals surface area (Å²) in [6.45, 7) is 2.72. The van der Waals surface area contributed by atoms with Crippen molar-refractivity contribution in [2.24, 2.45) is 0 Å². The molecule has 1 aromatic rings. The molecule has 18 heavy (non-hydrogen) atoms. The molecule has 96 valence electrons. The highest BCUT2D eigenvalue weighted by molar-refractivity contribution is 5.72. The van der Waals surface area contributed by atoms with Crippen LogP contribution in [0, 0.1) is 10.1 Å². The van der Waals surface area contributed by atoms with Crippen molar-refractivity contribution in [2.75, 3.05) is 13.2 Å². The fraction of sp³-hybridized carbons (Fsp3) is 0.417. The number of rotatable bonds is 5. The van der Waals surface area contributed by atoms with Gasteiger partial charge in [-0.15, -0.1) is 0 Å². The van der Waals surface area contributed by atoms with Crippen LogP contribution < -0.4 is 0 Å². The standard InChI is InChI=1S/C12H13NO5/c1-12(8-18-12)7-17-11(14)6-9-2-4-10(5-3-9)13(15)16/h2-5H,6-8H2,1H3/t12-/m0/s1. The number of ether oxygens (including phenoxy) is 2. The molecule has 0 aliphatic carbocycles. The second-order valence-corrected chi connectivity index (χ2v) is 4.50. The second kappa shape index (κ2) is 4.73. The van der Waals surface area contributed by atoms with Gasteiger partial charge in [-0.1, -0.05) is 12.1 Å². The third-order valence-corrected chi connectivity index (χ3v) is 2.67. The van der Waals surface area contributed by atoms with Gasteiger partial charge in [0.15, 0.2) is 0 Å². The SMILES string of the molecule is C[C@]1(COC(=O)Cc2ccc([N+](=O)[O-])cc2)CO1. The van der Waals surface area contributed by atoms with Crippen molar-refractivity contribution in [3.8, 4) is 0 Å². The molecular formula is C12H13NO5. The highest BCUT2D eigenvalue weighted by atomic mass is 16.6. The van der Waals surface area contributed by atoms with Gasteiger partial charge in [-0.25, -0.2) is 0 Å². The normalized spacial score (nSPS) is 21.4. The van der Waals surface area contributed by atoms with Gasteiger partial charge >= 0.3 is 5.97 Å². The van der Waals surface area contributed by atoms with Crippen molar-refractivity contribution in [2.45, 2.75) is 18.9 Å². The van der Waals surface area contributed by atoms with Gasteiger partial charge in [0.2, 0.25) is 0 Å². The Labute approximate surface area is 104 Å². The molecular weight excluding hydrogens is 238 g/mol. The van der Waals surface area contributed by atoms with Crippen LogP contribution in [0.25, 0.3) is 0 Å². The highest BCUT2D eigenvalue weighted by Gasteiger charge is 2.40. The molecule has 0 amide bonds. The molecule has 1 aliphatic rings. The van der Waals surface area contributed by atoms with E-state index in [2.05, 4.69) is 0 Å². The van der Waals surface area contributed by atoms with E-state index in [1.165, 1.54) is 12.1 Å². The number of carbonyl (C=O) groups excluding carboxylic acids is 1. The number of epoxide rings is 1. The van der Waals surface area contributed by atoms with Crippen LogP contribution in [0.3, 0.4) is 0 Å². The van der Waals surface area contributed by atoms with Crippen molar-refractivity contribution in [1.29, 1.82) is 0 Å². The van der Waals surface area contributed by atoms with Crippen LogP contribution in [0.1, 0.15) is 12.5 Å². The maximum Gasteiger partial charge on any atom is 0.310 e. The van der Waals surface area contributed by atoms with Crippen LogP contribution in [-0.4, -0.2) is 29.7 Å². The summed E-state index contributed by atoms with van der Waals surface area (Å²) < 4.78 is 10.1. The maximum absolute atomic E-state index is 11.5. The van der Waals surface area contributed by atoms with Gasteiger partial charge in [-0.05, 0) is 12.5 Å². The van der Waals surface area contributed by atoms with E-state index < -0.39 is 4.92 Å². The first-order valence-corrected chi connectivity index (χ1v) is 5.51. The van der Waals surface area contributed by atoms with Crippen LogP contribution in [0.15, 0.2) is 24.3 Å². The molecule has 1 fully saturated rings. The molecule has 0 aromatic heterocycles. The quantitative estimate of drug-likeness (QED) is 0.342. The van der Waals surface area contributed by atoms with Gasteiger partial charge in [0, 0.05) is 12.1 Å². The van der Waals surface area contributed by atoms with Gasteiger partial charge in [-0.2, -0.15) is 0 Å². The summed E-state index contributed by atoms with van der Waals surface area (Å²) >= 11 is 0. The number of esters is 1. The van der Waals surface area contributed by atoms with E-state index in [4.69, 9.17) is 9.47 Å². The number of hydrogen-bond donors (Lipinski definition) is 0. The van der Waals surface area contributed by atoms with Crippen LogP contribution in [0.5, 0.6) is 0 Å². The topological polar surface area (TPSA) is 82.0 Å². The van der Waals surface area contributed by atoms with E-state index >= 15 is 0 Å². The third kappa shape index (κ3) is 3.27. The summed E-state index contributed by atoms with van der Waals surface area (Å²) in [6, 6.07) is 5.84. The fourth-order valence-electron chi connectivity index (χ4n) is 1.39. The summed E-state index contributed by atoms with van der Waals surface area (Å²) in [6.07, 6.45) is 0.105. The summed E-state index contributed by atoms with van der Waals surface area (Å²) in [5.74, 6) is -0.361. The average molecular weight is 251 g/mol. The Morgan fingerprint density at radius 1 is 1.50 bits per heavy atom. The van der Waals surface area contributed by atoms with Crippen molar-refractivity contribution < 1.29 is 19.2 Å². The molecule has 0 saturated carbocycles. The molecule has 2 rings (SSSR count). The number of hydrogen-bond acceptors (Lipinski definition) is 5. The minimum Gasteiger partial charge on any atom is -0.462 e. The number of nitro groups is 1. The van der Waals surface area contributed by atoms with Crippen molar-refractivity contribution in [3.05, 3.63) is 39.9 Å². The predicted octanol–water partition coefficient (Wildman–Crippen LogP) is 1.47. The highest BCUT2D eigenvalue weighted by Crippen LogP contribution is 2.25. The number of nitrogens with zero attached hydrogens (tertiary/aromatic N) is 1. The average Bonchev–Trinajstić information content (AvgIpc) is 3.06. The Morgan fingerprint density at radius 2 is 2.11 bits per heavy atom. The first-order valence-electron chi connectivity index (χ1n) is 5.51. The van der Waals surface area contributed by atoms with E-state index in [0.29, 0.717) is 12.2 Å². The molecule has 0 radical (unpaired) electrons. The van der Waals surface area contributed by atoms with Crippen molar-refractivity contribution >= 4 is 11.7 Å². The van der Waals surface area contributed by atoms with Gasteiger partial charge < -0.3 is 9.47 Å². The molecule has 1 aromatic carbocycles. The van der Waals surface area contributed by atoms with Crippen LogP contribution in [-0.2, 0) is 20.7 Å². The summed E-state index contributed by atoms with van der Waals surface area (Å²) in [5, 5.41) is 10.5. The number of benzene rings is 1. The summed E-state index contributed by atoms with van der Waals surface area (Å²) in [5.41, 5.74) is 0.379. The Hall–Kier alpha value is -1.95. The van der Waals surface area contributed by atoms with E-state index in [0.717, 1.165) is 0 Å². The monoisotopic (exact) mass is 251 g/mol.